The first-order valence-corrected chi connectivity index (χ1v) is 12.5. The van der Waals surface area contributed by atoms with Gasteiger partial charge in [-0.3, -0.25) is 4.57 Å². The van der Waals surface area contributed by atoms with Crippen LogP contribution >= 0.6 is 0 Å². The largest absolute Gasteiger partial charge is 0.497 e. The molecule has 8 heteroatoms. The van der Waals surface area contributed by atoms with E-state index in [-0.39, 0.29) is 11.4 Å². The van der Waals surface area contributed by atoms with Gasteiger partial charge >= 0.3 is 5.97 Å². The summed E-state index contributed by atoms with van der Waals surface area (Å²) in [4.78, 5) is 22.8. The highest BCUT2D eigenvalue weighted by Gasteiger charge is 2.26. The van der Waals surface area contributed by atoms with Crippen molar-refractivity contribution in [3.05, 3.63) is 48.0 Å². The van der Waals surface area contributed by atoms with E-state index >= 15 is 0 Å². The maximum Gasteiger partial charge on any atom is 0.344 e. The molecule has 4 rings (SSSR count). The number of rotatable bonds is 12. The van der Waals surface area contributed by atoms with Crippen molar-refractivity contribution in [2.75, 3.05) is 26.6 Å². The normalized spacial score (nSPS) is 11.2. The van der Waals surface area contributed by atoms with Gasteiger partial charge in [-0.05, 0) is 18.6 Å². The lowest BCUT2D eigenvalue weighted by Crippen LogP contribution is -2.10. The molecule has 0 bridgehead atoms. The van der Waals surface area contributed by atoms with E-state index in [2.05, 4.69) is 6.92 Å². The summed E-state index contributed by atoms with van der Waals surface area (Å²) < 4.78 is 18.2. The van der Waals surface area contributed by atoms with Crippen LogP contribution in [0.3, 0.4) is 0 Å². The second-order valence-electron chi connectivity index (χ2n) is 8.81. The van der Waals surface area contributed by atoms with Crippen LogP contribution in [0, 0.1) is 0 Å². The Labute approximate surface area is 211 Å². The van der Waals surface area contributed by atoms with E-state index in [0.29, 0.717) is 46.0 Å². The maximum absolute atomic E-state index is 13.2. The van der Waals surface area contributed by atoms with Crippen molar-refractivity contribution in [3.63, 3.8) is 0 Å². The van der Waals surface area contributed by atoms with Crippen LogP contribution in [0.4, 0.5) is 5.82 Å². The topological polar surface area (TPSA) is 101 Å². The first-order chi connectivity index (χ1) is 17.6. The summed E-state index contributed by atoms with van der Waals surface area (Å²) in [6.07, 6.45) is 7.97. The van der Waals surface area contributed by atoms with Crippen LogP contribution in [-0.2, 0) is 4.74 Å². The van der Waals surface area contributed by atoms with E-state index in [9.17, 15) is 4.79 Å². The molecular formula is C28H34N4O4. The van der Waals surface area contributed by atoms with Crippen molar-refractivity contribution in [2.45, 2.75) is 51.9 Å². The molecule has 0 aliphatic heterocycles. The molecule has 0 saturated carbocycles. The molecule has 2 aromatic heterocycles. The van der Waals surface area contributed by atoms with Crippen LogP contribution in [0.15, 0.2) is 42.5 Å². The minimum absolute atomic E-state index is 0.208. The molecule has 4 aromatic rings. The Morgan fingerprint density at radius 2 is 1.50 bits per heavy atom. The summed E-state index contributed by atoms with van der Waals surface area (Å²) in [5.41, 5.74) is 9.68. The number of nitrogens with zero attached hydrogens (tertiary/aromatic N) is 3. The number of esters is 1. The number of nitrogens with two attached hydrogens (primary N) is 1. The van der Waals surface area contributed by atoms with Gasteiger partial charge in [-0.2, -0.15) is 0 Å². The number of benzene rings is 2. The SMILES string of the molecule is CCCCCCCCCOC(=O)c1c(N)n(-c2cc(OC)cc(OC)c2)c2nc3ccccc3nc12. The Bertz CT molecular complexity index is 1330. The highest BCUT2D eigenvalue weighted by Crippen LogP contribution is 2.34. The number of nitrogen functional groups attached to an aromatic ring is 1. The van der Waals surface area contributed by atoms with Crippen molar-refractivity contribution in [1.29, 1.82) is 0 Å². The number of carbonyl (C=O) groups is 1. The fourth-order valence-corrected chi connectivity index (χ4v) is 4.34. The number of methoxy groups -OCH3 is 2. The fraction of sp³-hybridized carbons (Fsp3) is 0.393. The van der Waals surface area contributed by atoms with Crippen molar-refractivity contribution in [3.8, 4) is 17.2 Å². The van der Waals surface area contributed by atoms with E-state index < -0.39 is 5.97 Å². The summed E-state index contributed by atoms with van der Waals surface area (Å²) in [6, 6.07) is 12.9. The number of ether oxygens (including phenoxy) is 3. The third-order valence-corrected chi connectivity index (χ3v) is 6.28. The predicted molar refractivity (Wildman–Crippen MR) is 142 cm³/mol. The number of fused-ring (bicyclic) bond motifs is 2. The number of carbonyl (C=O) groups excluding carboxylic acids is 1. The Morgan fingerprint density at radius 3 is 2.14 bits per heavy atom. The minimum atomic E-state index is -0.498. The van der Waals surface area contributed by atoms with Crippen molar-refractivity contribution in [1.82, 2.24) is 14.5 Å². The van der Waals surface area contributed by atoms with E-state index in [1.54, 1.807) is 24.9 Å². The predicted octanol–water partition coefficient (Wildman–Crippen LogP) is 6.08. The second-order valence-corrected chi connectivity index (χ2v) is 8.81. The third kappa shape index (κ3) is 5.37. The third-order valence-electron chi connectivity index (χ3n) is 6.28. The highest BCUT2D eigenvalue weighted by atomic mass is 16.5. The molecule has 8 nitrogen and oxygen atoms in total. The summed E-state index contributed by atoms with van der Waals surface area (Å²) >= 11 is 0. The van der Waals surface area contributed by atoms with Gasteiger partial charge in [-0.1, -0.05) is 57.6 Å². The van der Waals surface area contributed by atoms with Gasteiger partial charge in [0.2, 0.25) is 0 Å². The quantitative estimate of drug-likeness (QED) is 0.190. The van der Waals surface area contributed by atoms with Crippen LogP contribution < -0.4 is 15.2 Å². The van der Waals surface area contributed by atoms with Crippen molar-refractivity contribution < 1.29 is 19.0 Å². The molecule has 0 atom stereocenters. The second kappa shape index (κ2) is 11.7. The Balaban J connectivity index is 1.69. The smallest absolute Gasteiger partial charge is 0.344 e. The molecule has 2 N–H and O–H groups in total. The van der Waals surface area contributed by atoms with Crippen molar-refractivity contribution >= 4 is 34.0 Å². The highest BCUT2D eigenvalue weighted by molar-refractivity contribution is 6.09. The molecule has 0 radical (unpaired) electrons. The average molecular weight is 491 g/mol. The van der Waals surface area contributed by atoms with Gasteiger partial charge < -0.3 is 19.9 Å². The van der Waals surface area contributed by atoms with Gasteiger partial charge in [0.05, 0.1) is 37.5 Å². The molecule has 0 saturated heterocycles. The van der Waals surface area contributed by atoms with E-state index in [4.69, 9.17) is 29.9 Å². The van der Waals surface area contributed by atoms with Crippen LogP contribution in [0.2, 0.25) is 0 Å². The molecule has 36 heavy (non-hydrogen) atoms. The lowest BCUT2D eigenvalue weighted by atomic mass is 10.1. The fourth-order valence-electron chi connectivity index (χ4n) is 4.34. The number of unbranched alkanes of at least 4 members (excludes halogenated alkanes) is 6. The molecular weight excluding hydrogens is 456 g/mol. The molecule has 2 aromatic carbocycles. The molecule has 0 unspecified atom stereocenters. The van der Waals surface area contributed by atoms with Gasteiger partial charge in [0.1, 0.15) is 28.4 Å². The standard InChI is InChI=1S/C28H34N4O4/c1-4-5-6-7-8-9-12-15-36-28(33)24-25-27(31-23-14-11-10-13-22(23)30-25)32(26(24)29)19-16-20(34-2)18-21(17-19)35-3/h10-11,13-14,16-18H,4-9,12,15,29H2,1-3H3. The molecule has 0 aliphatic carbocycles. The minimum Gasteiger partial charge on any atom is -0.497 e. The first kappa shape index (κ1) is 25.3. The van der Waals surface area contributed by atoms with Crippen LogP contribution in [0.1, 0.15) is 62.2 Å². The van der Waals surface area contributed by atoms with Crippen LogP contribution in [-0.4, -0.2) is 41.3 Å². The number of para-hydroxylation sites is 2. The Hall–Kier alpha value is -3.81. The monoisotopic (exact) mass is 490 g/mol. The van der Waals surface area contributed by atoms with Crippen LogP contribution in [0.5, 0.6) is 11.5 Å². The molecule has 0 spiro atoms. The number of aromatic nitrogens is 3. The van der Waals surface area contributed by atoms with E-state index in [1.807, 2.05) is 36.4 Å². The number of hydrogen-bond donors (Lipinski definition) is 1. The van der Waals surface area contributed by atoms with Gasteiger partial charge in [0, 0.05) is 18.2 Å². The van der Waals surface area contributed by atoms with Gasteiger partial charge in [-0.25, -0.2) is 14.8 Å². The lowest BCUT2D eigenvalue weighted by Gasteiger charge is -2.12. The van der Waals surface area contributed by atoms with E-state index in [1.165, 1.54) is 25.7 Å². The molecule has 0 amide bonds. The molecule has 0 fully saturated rings. The first-order valence-electron chi connectivity index (χ1n) is 12.5. The van der Waals surface area contributed by atoms with Gasteiger partial charge in [-0.15, -0.1) is 0 Å². The summed E-state index contributed by atoms with van der Waals surface area (Å²) in [7, 11) is 3.16. The molecule has 0 aliphatic rings. The van der Waals surface area contributed by atoms with E-state index in [0.717, 1.165) is 19.3 Å². The van der Waals surface area contributed by atoms with Gasteiger partial charge in [0.25, 0.3) is 0 Å². The lowest BCUT2D eigenvalue weighted by molar-refractivity contribution is 0.0501. The molecule has 190 valence electrons. The summed E-state index contributed by atoms with van der Waals surface area (Å²) in [6.45, 7) is 2.55. The molecule has 2 heterocycles. The zero-order valence-electron chi connectivity index (χ0n) is 21.3. The Kier molecular flexibility index (Phi) is 8.25. The van der Waals surface area contributed by atoms with Crippen LogP contribution in [0.25, 0.3) is 27.9 Å². The number of hydrogen-bond acceptors (Lipinski definition) is 7. The van der Waals surface area contributed by atoms with Gasteiger partial charge in [0.15, 0.2) is 5.65 Å². The zero-order valence-corrected chi connectivity index (χ0v) is 21.3. The van der Waals surface area contributed by atoms with Crippen molar-refractivity contribution in [2.24, 2.45) is 0 Å². The number of anilines is 1. The summed E-state index contributed by atoms with van der Waals surface area (Å²) in [5, 5.41) is 0. The Morgan fingerprint density at radius 1 is 0.889 bits per heavy atom. The summed E-state index contributed by atoms with van der Waals surface area (Å²) in [5.74, 6) is 0.881. The zero-order chi connectivity index (χ0) is 25.5. The maximum atomic E-state index is 13.2. The average Bonchev–Trinajstić information content (AvgIpc) is 3.18.